The van der Waals surface area contributed by atoms with E-state index < -0.39 is 40.4 Å². The van der Waals surface area contributed by atoms with Gasteiger partial charge < -0.3 is 20.3 Å². The molecule has 0 saturated carbocycles. The molecule has 3 N–H and O–H groups in total. The smallest absolute Gasteiger partial charge is 0.419 e. The van der Waals surface area contributed by atoms with Crippen LogP contribution in [0.3, 0.4) is 0 Å². The fraction of sp³-hybridized carbons (Fsp3) is 0.405. The summed E-state index contributed by atoms with van der Waals surface area (Å²) < 4.78 is 47.1. The van der Waals surface area contributed by atoms with Crippen molar-refractivity contribution in [3.8, 4) is 11.8 Å². The first-order chi connectivity index (χ1) is 26.0. The van der Waals surface area contributed by atoms with Crippen LogP contribution in [-0.2, 0) is 25.4 Å². The van der Waals surface area contributed by atoms with Crippen molar-refractivity contribution in [2.45, 2.75) is 62.8 Å². The molecule has 2 unspecified atom stereocenters. The highest BCUT2D eigenvalue weighted by Crippen LogP contribution is 2.43. The van der Waals surface area contributed by atoms with Gasteiger partial charge in [-0.3, -0.25) is 34.3 Å². The Labute approximate surface area is 325 Å². The number of nitrogens with one attached hydrogen (secondary N) is 3. The lowest BCUT2D eigenvalue weighted by Gasteiger charge is -2.34. The molecule has 1 aromatic heterocycles. The summed E-state index contributed by atoms with van der Waals surface area (Å²) in [4.78, 5) is 58.4. The molecule has 0 bridgehead atoms. The SMILES string of the molecule is CC1(C)C(=O)N(c2cnc(C#N)c(C(F)(F)F)c2)C(S)N1c1ccc(OCC2CCN(CC(=O)Nc3cccc(NC4CCC(=O)NC4=O)c3)CC2)c(Cl)c1. The second-order valence-electron chi connectivity index (χ2n) is 14.1. The number of likely N-dealkylation sites (tertiary alicyclic amines) is 1. The molecule has 3 aliphatic heterocycles. The summed E-state index contributed by atoms with van der Waals surface area (Å²) >= 11 is 11.3. The second kappa shape index (κ2) is 16.0. The highest BCUT2D eigenvalue weighted by Gasteiger charge is 2.52. The Morgan fingerprint density at radius 2 is 1.82 bits per heavy atom. The van der Waals surface area contributed by atoms with E-state index in [-0.39, 0.29) is 47.3 Å². The minimum atomic E-state index is -4.86. The number of thiol groups is 1. The largest absolute Gasteiger partial charge is 0.492 e. The number of benzene rings is 2. The van der Waals surface area contributed by atoms with Gasteiger partial charge in [0, 0.05) is 23.5 Å². The number of piperidine rings is 2. The number of halogens is 4. The molecule has 2 atom stereocenters. The van der Waals surface area contributed by atoms with Gasteiger partial charge >= 0.3 is 6.18 Å². The maximum absolute atomic E-state index is 13.7. The van der Waals surface area contributed by atoms with Crippen molar-refractivity contribution in [1.29, 1.82) is 5.26 Å². The molecule has 0 radical (unpaired) electrons. The zero-order valence-corrected chi connectivity index (χ0v) is 31.5. The Hall–Kier alpha value is -5.05. The van der Waals surface area contributed by atoms with E-state index in [0.29, 0.717) is 48.9 Å². The van der Waals surface area contributed by atoms with Crippen molar-refractivity contribution in [3.05, 3.63) is 71.0 Å². The maximum Gasteiger partial charge on any atom is 0.419 e. The number of rotatable bonds is 10. The molecule has 3 aliphatic rings. The van der Waals surface area contributed by atoms with Crippen LogP contribution < -0.4 is 30.5 Å². The third-order valence-electron chi connectivity index (χ3n) is 9.84. The molecule has 55 heavy (non-hydrogen) atoms. The van der Waals surface area contributed by atoms with E-state index in [1.54, 1.807) is 61.2 Å². The predicted molar refractivity (Wildman–Crippen MR) is 202 cm³/mol. The Balaban J connectivity index is 1.00. The van der Waals surface area contributed by atoms with Crippen LogP contribution in [0.4, 0.5) is 35.9 Å². The number of hydrogen-bond donors (Lipinski definition) is 4. The van der Waals surface area contributed by atoms with Crippen molar-refractivity contribution in [2.75, 3.05) is 46.7 Å². The van der Waals surface area contributed by atoms with Gasteiger partial charge in [0.1, 0.15) is 23.4 Å². The van der Waals surface area contributed by atoms with Crippen LogP contribution in [0.15, 0.2) is 54.7 Å². The molecule has 18 heteroatoms. The number of nitriles is 1. The number of imide groups is 1. The number of hydrogen-bond acceptors (Lipinski definition) is 11. The molecule has 13 nitrogen and oxygen atoms in total. The van der Waals surface area contributed by atoms with E-state index in [1.165, 1.54) is 6.07 Å². The van der Waals surface area contributed by atoms with E-state index in [2.05, 4.69) is 38.5 Å². The zero-order valence-electron chi connectivity index (χ0n) is 29.8. The molecule has 4 amide bonds. The van der Waals surface area contributed by atoms with Gasteiger partial charge in [-0.1, -0.05) is 17.7 Å². The Kier molecular flexibility index (Phi) is 11.5. The van der Waals surface area contributed by atoms with Gasteiger partial charge in [0.2, 0.25) is 17.7 Å². The van der Waals surface area contributed by atoms with Crippen LogP contribution in [0, 0.1) is 17.2 Å². The number of nitrogens with zero attached hydrogens (tertiary/aromatic N) is 5. The zero-order chi connectivity index (χ0) is 39.7. The summed E-state index contributed by atoms with van der Waals surface area (Å²) in [6.45, 7) is 5.20. The Bertz CT molecular complexity index is 2040. The summed E-state index contributed by atoms with van der Waals surface area (Å²) in [7, 11) is 0. The third kappa shape index (κ3) is 8.77. The fourth-order valence-electron chi connectivity index (χ4n) is 6.90. The molecular formula is C37H38ClF3N8O5S. The van der Waals surface area contributed by atoms with Gasteiger partial charge in [-0.15, -0.1) is 12.6 Å². The first-order valence-electron chi connectivity index (χ1n) is 17.5. The topological polar surface area (TPSA) is 160 Å². The lowest BCUT2D eigenvalue weighted by Crippen LogP contribution is -2.47. The molecule has 2 aromatic carbocycles. The number of pyridine rings is 1. The summed E-state index contributed by atoms with van der Waals surface area (Å²) in [6, 6.07) is 13.7. The van der Waals surface area contributed by atoms with Gasteiger partial charge in [-0.2, -0.15) is 18.4 Å². The first kappa shape index (κ1) is 39.6. The van der Waals surface area contributed by atoms with E-state index in [0.717, 1.165) is 30.0 Å². The van der Waals surface area contributed by atoms with Crippen molar-refractivity contribution >= 4 is 70.6 Å². The normalized spacial score (nSPS) is 20.6. The standard InChI is InChI=1S/C37H38ClF3N8O5S/c1-36(2)34(53)48(25-15-26(37(39,40)41)29(17-42)43-18-25)35(55)49(36)24-6-8-30(27(38)16-24)54-20-21-10-12-47(13-11-21)19-32(51)45-23-5-3-4-22(14-23)44-28-7-9-31(50)46-33(28)52/h3-6,8,14-16,18,21,28,35,44,55H,7,9-13,19-20H2,1-2H3,(H,45,51)(H,46,50,52). The molecule has 3 fully saturated rings. The van der Waals surface area contributed by atoms with E-state index >= 15 is 0 Å². The summed E-state index contributed by atoms with van der Waals surface area (Å²) in [6.07, 6.45) is -1.59. The van der Waals surface area contributed by atoms with Gasteiger partial charge in [0.15, 0.2) is 11.2 Å². The lowest BCUT2D eigenvalue weighted by molar-refractivity contribution is -0.138. The molecule has 3 saturated heterocycles. The summed E-state index contributed by atoms with van der Waals surface area (Å²) in [5, 5.41) is 17.7. The molecular weight excluding hydrogens is 761 g/mol. The van der Waals surface area contributed by atoms with Gasteiger partial charge in [0.25, 0.3) is 5.91 Å². The van der Waals surface area contributed by atoms with E-state index in [9.17, 15) is 32.3 Å². The maximum atomic E-state index is 13.7. The van der Waals surface area contributed by atoms with Crippen LogP contribution >= 0.6 is 24.2 Å². The number of anilines is 4. The Morgan fingerprint density at radius 3 is 2.49 bits per heavy atom. The molecule has 0 aliphatic carbocycles. The molecule has 4 heterocycles. The third-order valence-corrected chi connectivity index (χ3v) is 10.6. The van der Waals surface area contributed by atoms with Crippen LogP contribution in [0.2, 0.25) is 5.02 Å². The van der Waals surface area contributed by atoms with Gasteiger partial charge in [-0.25, -0.2) is 4.98 Å². The first-order valence-corrected chi connectivity index (χ1v) is 18.4. The number of carbonyl (C=O) groups is 4. The van der Waals surface area contributed by atoms with E-state index in [1.807, 2.05) is 0 Å². The minimum absolute atomic E-state index is 0.156. The van der Waals surface area contributed by atoms with Crippen molar-refractivity contribution in [1.82, 2.24) is 15.2 Å². The van der Waals surface area contributed by atoms with Crippen LogP contribution in [0.25, 0.3) is 0 Å². The van der Waals surface area contributed by atoms with Crippen LogP contribution in [0.1, 0.15) is 50.8 Å². The highest BCUT2D eigenvalue weighted by atomic mass is 35.5. The summed E-state index contributed by atoms with van der Waals surface area (Å²) in [5.41, 5.74) is -2.75. The quantitative estimate of drug-likeness (QED) is 0.154. The fourth-order valence-corrected chi connectivity index (χ4v) is 7.79. The molecule has 290 valence electrons. The highest BCUT2D eigenvalue weighted by molar-refractivity contribution is 7.81. The average Bonchev–Trinajstić information content (AvgIpc) is 3.31. The molecule has 0 spiro atoms. The van der Waals surface area contributed by atoms with Crippen molar-refractivity contribution < 1.29 is 37.1 Å². The number of aromatic nitrogens is 1. The minimum Gasteiger partial charge on any atom is -0.492 e. The second-order valence-corrected chi connectivity index (χ2v) is 14.9. The van der Waals surface area contributed by atoms with Crippen LogP contribution in [0.5, 0.6) is 5.75 Å². The van der Waals surface area contributed by atoms with Crippen molar-refractivity contribution in [3.63, 3.8) is 0 Å². The van der Waals surface area contributed by atoms with Crippen molar-refractivity contribution in [2.24, 2.45) is 5.92 Å². The number of alkyl halides is 3. The molecule has 3 aromatic rings. The summed E-state index contributed by atoms with van der Waals surface area (Å²) in [5.74, 6) is -0.740. The monoisotopic (exact) mass is 798 g/mol. The number of amides is 4. The lowest BCUT2D eigenvalue weighted by atomic mass is 9.98. The van der Waals surface area contributed by atoms with E-state index in [4.69, 9.17) is 21.6 Å². The molecule has 6 rings (SSSR count). The van der Waals surface area contributed by atoms with Crippen LogP contribution in [-0.4, -0.2) is 76.8 Å². The average molecular weight is 799 g/mol. The number of carbonyl (C=O) groups excluding carboxylic acids is 4. The number of ether oxygens (including phenoxy) is 1. The van der Waals surface area contributed by atoms with Gasteiger partial charge in [0.05, 0.1) is 35.6 Å². The van der Waals surface area contributed by atoms with Gasteiger partial charge in [-0.05, 0) is 94.6 Å². The predicted octanol–water partition coefficient (Wildman–Crippen LogP) is 5.42. The Morgan fingerprint density at radius 1 is 1.09 bits per heavy atom.